The fourth-order valence-electron chi connectivity index (χ4n) is 3.16. The van der Waals surface area contributed by atoms with Crippen LogP contribution in [0.15, 0.2) is 73.6 Å². The summed E-state index contributed by atoms with van der Waals surface area (Å²) in [7, 11) is 0. The molecule has 3 heterocycles. The number of nitrogens with zero attached hydrogens (tertiary/aromatic N) is 6. The van der Waals surface area contributed by atoms with Crippen molar-refractivity contribution in [1.82, 2.24) is 29.7 Å². The second kappa shape index (κ2) is 6.90. The number of para-hydroxylation sites is 1. The van der Waals surface area contributed by atoms with E-state index < -0.39 is 0 Å². The van der Waals surface area contributed by atoms with Gasteiger partial charge in [0.1, 0.15) is 18.7 Å². The number of hydrogen-bond acceptors (Lipinski definition) is 6. The summed E-state index contributed by atoms with van der Waals surface area (Å²) in [6.07, 6.45) is 6.53. The van der Waals surface area contributed by atoms with Crippen LogP contribution in [0.5, 0.6) is 0 Å². The minimum absolute atomic E-state index is 0.415. The highest BCUT2D eigenvalue weighted by molar-refractivity contribution is 5.95. The second-order valence-electron chi connectivity index (χ2n) is 6.33. The van der Waals surface area contributed by atoms with E-state index >= 15 is 0 Å². The van der Waals surface area contributed by atoms with Crippen LogP contribution in [0.4, 0.5) is 11.6 Å². The van der Waals surface area contributed by atoms with Gasteiger partial charge in [0.15, 0.2) is 0 Å². The Morgan fingerprint density at radius 2 is 1.93 bits per heavy atom. The molecule has 2 aromatic carbocycles. The van der Waals surface area contributed by atoms with Crippen molar-refractivity contribution in [3.63, 3.8) is 0 Å². The molecule has 0 bridgehead atoms. The molecular weight excluding hydrogens is 364 g/mol. The Kier molecular flexibility index (Phi) is 3.96. The molecule has 0 aliphatic carbocycles. The van der Waals surface area contributed by atoms with Gasteiger partial charge in [0.25, 0.3) is 0 Å². The van der Waals surface area contributed by atoms with E-state index in [1.807, 2.05) is 54.7 Å². The fourth-order valence-corrected chi connectivity index (χ4v) is 3.16. The number of anilines is 2. The predicted molar refractivity (Wildman–Crippen MR) is 109 cm³/mol. The Balaban J connectivity index is 1.49. The van der Waals surface area contributed by atoms with Crippen LogP contribution < -0.4 is 5.32 Å². The van der Waals surface area contributed by atoms with Crippen molar-refractivity contribution in [2.45, 2.75) is 0 Å². The summed E-state index contributed by atoms with van der Waals surface area (Å²) >= 11 is 0. The van der Waals surface area contributed by atoms with Gasteiger partial charge < -0.3 is 10.3 Å². The molecular formula is C21H14N8. The number of rotatable bonds is 4. The monoisotopic (exact) mass is 378 g/mol. The highest BCUT2D eigenvalue weighted by Gasteiger charge is 2.14. The van der Waals surface area contributed by atoms with Crippen LogP contribution in [0.2, 0.25) is 0 Å². The first-order chi connectivity index (χ1) is 14.3. The molecule has 5 aromatic rings. The molecule has 0 aliphatic rings. The van der Waals surface area contributed by atoms with Crippen molar-refractivity contribution in [3.05, 3.63) is 79.1 Å². The van der Waals surface area contributed by atoms with Crippen molar-refractivity contribution in [1.29, 1.82) is 5.26 Å². The average Bonchev–Trinajstić information content (AvgIpc) is 3.44. The van der Waals surface area contributed by atoms with Crippen LogP contribution in [0.1, 0.15) is 5.56 Å². The van der Waals surface area contributed by atoms with Gasteiger partial charge in [-0.15, -0.1) is 0 Å². The molecule has 0 unspecified atom stereocenters. The fraction of sp³-hybridized carbons (Fsp3) is 0. The zero-order valence-electron chi connectivity index (χ0n) is 15.1. The Hall–Kier alpha value is -4.51. The van der Waals surface area contributed by atoms with Gasteiger partial charge in [0, 0.05) is 28.4 Å². The molecule has 0 radical (unpaired) electrons. The van der Waals surface area contributed by atoms with E-state index in [1.165, 1.54) is 12.5 Å². The molecule has 29 heavy (non-hydrogen) atoms. The largest absolute Gasteiger partial charge is 0.360 e. The summed E-state index contributed by atoms with van der Waals surface area (Å²) in [6.45, 7) is 0. The van der Waals surface area contributed by atoms with Crippen LogP contribution in [0.25, 0.3) is 27.8 Å². The SMILES string of the molecule is N#Cc1cnc(Nc2ccc(-n3cncn3)cc2)nc1-c1c[nH]c2ccccc12. The first kappa shape index (κ1) is 16.6. The van der Waals surface area contributed by atoms with Crippen molar-refractivity contribution in [3.8, 4) is 23.0 Å². The zero-order chi connectivity index (χ0) is 19.6. The maximum Gasteiger partial charge on any atom is 0.227 e. The summed E-state index contributed by atoms with van der Waals surface area (Å²) in [6, 6.07) is 17.7. The molecule has 8 nitrogen and oxygen atoms in total. The Morgan fingerprint density at radius 1 is 1.07 bits per heavy atom. The molecule has 5 rings (SSSR count). The molecule has 138 valence electrons. The first-order valence-corrected chi connectivity index (χ1v) is 8.87. The van der Waals surface area contributed by atoms with E-state index in [2.05, 4.69) is 36.4 Å². The minimum atomic E-state index is 0.415. The summed E-state index contributed by atoms with van der Waals surface area (Å²) in [4.78, 5) is 16.1. The molecule has 2 N–H and O–H groups in total. The van der Waals surface area contributed by atoms with E-state index in [-0.39, 0.29) is 0 Å². The summed E-state index contributed by atoms with van der Waals surface area (Å²) in [5, 5.41) is 17.8. The van der Waals surface area contributed by atoms with E-state index in [1.54, 1.807) is 11.0 Å². The highest BCUT2D eigenvalue weighted by atomic mass is 15.3. The molecule has 0 amide bonds. The average molecular weight is 378 g/mol. The second-order valence-corrected chi connectivity index (χ2v) is 6.33. The number of aromatic nitrogens is 6. The minimum Gasteiger partial charge on any atom is -0.360 e. The van der Waals surface area contributed by atoms with Crippen LogP contribution in [0.3, 0.4) is 0 Å². The smallest absolute Gasteiger partial charge is 0.227 e. The van der Waals surface area contributed by atoms with E-state index in [0.29, 0.717) is 17.2 Å². The third-order valence-corrected chi connectivity index (χ3v) is 4.56. The number of hydrogen-bond donors (Lipinski definition) is 2. The lowest BCUT2D eigenvalue weighted by molar-refractivity contribution is 0.879. The summed E-state index contributed by atoms with van der Waals surface area (Å²) < 4.78 is 1.68. The molecule has 0 saturated heterocycles. The van der Waals surface area contributed by atoms with Crippen LogP contribution >= 0.6 is 0 Å². The molecule has 0 fully saturated rings. The molecule has 3 aromatic heterocycles. The summed E-state index contributed by atoms with van der Waals surface area (Å²) in [5.74, 6) is 0.415. The maximum absolute atomic E-state index is 9.52. The lowest BCUT2D eigenvalue weighted by atomic mass is 10.1. The van der Waals surface area contributed by atoms with Gasteiger partial charge in [-0.05, 0) is 30.3 Å². The first-order valence-electron chi connectivity index (χ1n) is 8.87. The third-order valence-electron chi connectivity index (χ3n) is 4.56. The number of benzene rings is 2. The van der Waals surface area contributed by atoms with Gasteiger partial charge in [-0.3, -0.25) is 0 Å². The topological polar surface area (TPSA) is 108 Å². The van der Waals surface area contributed by atoms with Gasteiger partial charge in [0.05, 0.1) is 23.1 Å². The Labute approximate surface area is 165 Å². The number of nitrogens with one attached hydrogen (secondary N) is 2. The third kappa shape index (κ3) is 3.07. The van der Waals surface area contributed by atoms with Crippen molar-refractivity contribution >= 4 is 22.5 Å². The van der Waals surface area contributed by atoms with Crippen LogP contribution in [0, 0.1) is 11.3 Å². The molecule has 0 saturated carbocycles. The van der Waals surface area contributed by atoms with Gasteiger partial charge >= 0.3 is 0 Å². The van der Waals surface area contributed by atoms with Gasteiger partial charge in [-0.1, -0.05) is 18.2 Å². The van der Waals surface area contributed by atoms with Crippen molar-refractivity contribution in [2.75, 3.05) is 5.32 Å². The predicted octanol–water partition coefficient (Wildman–Crippen LogP) is 3.82. The number of aromatic amines is 1. The molecule has 0 atom stereocenters. The van der Waals surface area contributed by atoms with Crippen LogP contribution in [-0.2, 0) is 0 Å². The van der Waals surface area contributed by atoms with E-state index in [9.17, 15) is 5.26 Å². The summed E-state index contributed by atoms with van der Waals surface area (Å²) in [5.41, 5.74) is 4.58. The lowest BCUT2D eigenvalue weighted by Crippen LogP contribution is -2.01. The van der Waals surface area contributed by atoms with E-state index in [4.69, 9.17) is 0 Å². The molecule has 0 spiro atoms. The normalized spacial score (nSPS) is 10.7. The van der Waals surface area contributed by atoms with Crippen molar-refractivity contribution < 1.29 is 0 Å². The highest BCUT2D eigenvalue weighted by Crippen LogP contribution is 2.30. The van der Waals surface area contributed by atoms with Gasteiger partial charge in [-0.25, -0.2) is 19.6 Å². The standard InChI is InChI=1S/C21H14N8/c22-9-14-10-25-21(27-15-5-7-16(8-6-15)29-13-23-12-26-29)28-20(14)18-11-24-19-4-2-1-3-17(18)19/h1-8,10-13,24H,(H,25,27,28). The molecule has 8 heteroatoms. The Morgan fingerprint density at radius 3 is 2.72 bits per heavy atom. The lowest BCUT2D eigenvalue weighted by Gasteiger charge is -2.08. The van der Waals surface area contributed by atoms with Gasteiger partial charge in [-0.2, -0.15) is 10.4 Å². The molecule has 0 aliphatic heterocycles. The number of H-pyrrole nitrogens is 1. The van der Waals surface area contributed by atoms with Crippen molar-refractivity contribution in [2.24, 2.45) is 0 Å². The van der Waals surface area contributed by atoms with Crippen LogP contribution in [-0.4, -0.2) is 29.7 Å². The van der Waals surface area contributed by atoms with Gasteiger partial charge in [0.2, 0.25) is 5.95 Å². The number of nitriles is 1. The zero-order valence-corrected chi connectivity index (χ0v) is 15.1. The number of fused-ring (bicyclic) bond motifs is 1. The van der Waals surface area contributed by atoms with E-state index in [0.717, 1.165) is 27.8 Å². The Bertz CT molecular complexity index is 1330. The maximum atomic E-state index is 9.52. The quantitative estimate of drug-likeness (QED) is 0.492.